The van der Waals surface area contributed by atoms with Gasteiger partial charge in [0, 0.05) is 31.4 Å². The van der Waals surface area contributed by atoms with Crippen LogP contribution in [-0.4, -0.2) is 72.6 Å². The summed E-state index contributed by atoms with van der Waals surface area (Å²) in [6.45, 7) is 5.04. The lowest BCUT2D eigenvalue weighted by molar-refractivity contribution is 0.102. The van der Waals surface area contributed by atoms with E-state index in [9.17, 15) is 9.18 Å². The predicted octanol–water partition coefficient (Wildman–Crippen LogP) is 2.39. The minimum atomic E-state index is -1.23. The maximum Gasteiger partial charge on any atom is 0.410 e. The van der Waals surface area contributed by atoms with Crippen LogP contribution in [0.25, 0.3) is 0 Å². The Hall–Kier alpha value is -2.94. The lowest BCUT2D eigenvalue weighted by Gasteiger charge is -2.28. The zero-order valence-corrected chi connectivity index (χ0v) is 17.0. The molecule has 9 heteroatoms. The van der Waals surface area contributed by atoms with Crippen LogP contribution in [0.1, 0.15) is 11.3 Å². The van der Waals surface area contributed by atoms with E-state index < -0.39 is 18.3 Å². The molecule has 0 bridgehead atoms. The highest BCUT2D eigenvalue weighted by molar-refractivity contribution is 5.68. The predicted molar refractivity (Wildman–Crippen MR) is 110 cm³/mol. The molecule has 0 saturated carbocycles. The van der Waals surface area contributed by atoms with Gasteiger partial charge in [-0.3, -0.25) is 0 Å². The summed E-state index contributed by atoms with van der Waals surface area (Å²) in [6.07, 6.45) is -1.75. The number of nitrogens with zero attached hydrogens (tertiary/aromatic N) is 4. The number of aryl methyl sites for hydroxylation is 1. The van der Waals surface area contributed by atoms with Crippen molar-refractivity contribution in [2.45, 2.75) is 25.7 Å². The molecule has 2 aliphatic rings. The Kier molecular flexibility index (Phi) is 6.27. The number of aromatic nitrogens is 2. The molecular weight excluding hydrogens is 389 g/mol. The van der Waals surface area contributed by atoms with Gasteiger partial charge in [-0.15, -0.1) is 0 Å². The number of halogens is 1. The number of ether oxygens (including phenoxy) is 2. The number of alkyl halides is 1. The van der Waals surface area contributed by atoms with Crippen molar-refractivity contribution in [2.24, 2.45) is 0 Å². The second kappa shape index (κ2) is 9.25. The maximum atomic E-state index is 14.6. The molecule has 2 aliphatic heterocycles. The fourth-order valence-corrected chi connectivity index (χ4v) is 3.60. The van der Waals surface area contributed by atoms with Crippen LogP contribution in [0.4, 0.5) is 21.0 Å². The highest BCUT2D eigenvalue weighted by atomic mass is 19.1. The molecule has 30 heavy (non-hydrogen) atoms. The zero-order chi connectivity index (χ0) is 20.9. The summed E-state index contributed by atoms with van der Waals surface area (Å²) in [6, 6.07) is 10.7. The highest BCUT2D eigenvalue weighted by Gasteiger charge is 2.36. The molecule has 4 rings (SSSR count). The maximum absolute atomic E-state index is 14.6. The van der Waals surface area contributed by atoms with Gasteiger partial charge in [0.1, 0.15) is 18.6 Å². The third kappa shape index (κ3) is 4.96. The summed E-state index contributed by atoms with van der Waals surface area (Å²) in [5, 5.41) is 3.07. The molecule has 0 aliphatic carbocycles. The number of likely N-dealkylation sites (tertiary alicyclic amines) is 1. The average Bonchev–Trinajstić information content (AvgIpc) is 3.13. The molecular formula is C21H26FN5O3. The monoisotopic (exact) mass is 415 g/mol. The Morgan fingerprint density at radius 3 is 2.77 bits per heavy atom. The summed E-state index contributed by atoms with van der Waals surface area (Å²) in [5.74, 6) is 1.16. The number of hydrogen-bond donors (Lipinski definition) is 1. The van der Waals surface area contributed by atoms with E-state index in [1.165, 1.54) is 4.90 Å². The van der Waals surface area contributed by atoms with Crippen molar-refractivity contribution in [3.05, 3.63) is 47.7 Å². The van der Waals surface area contributed by atoms with E-state index in [0.29, 0.717) is 19.2 Å². The van der Waals surface area contributed by atoms with Crippen molar-refractivity contribution >= 4 is 17.9 Å². The van der Waals surface area contributed by atoms with E-state index in [0.717, 1.165) is 30.2 Å². The molecule has 1 N–H and O–H groups in total. The van der Waals surface area contributed by atoms with E-state index >= 15 is 0 Å². The first-order valence-corrected chi connectivity index (χ1v) is 10.1. The van der Waals surface area contributed by atoms with E-state index in [1.807, 2.05) is 43.3 Å². The van der Waals surface area contributed by atoms with Crippen molar-refractivity contribution in [1.82, 2.24) is 14.9 Å². The third-order valence-corrected chi connectivity index (χ3v) is 5.20. The lowest BCUT2D eigenvalue weighted by Crippen LogP contribution is -2.37. The van der Waals surface area contributed by atoms with Gasteiger partial charge in [0.15, 0.2) is 0 Å². The molecule has 1 aromatic carbocycles. The van der Waals surface area contributed by atoms with Crippen LogP contribution >= 0.6 is 0 Å². The first kappa shape index (κ1) is 20.3. The smallest absolute Gasteiger partial charge is 0.410 e. The molecule has 160 valence electrons. The van der Waals surface area contributed by atoms with E-state index in [1.54, 1.807) is 0 Å². The van der Waals surface area contributed by atoms with Gasteiger partial charge in [-0.1, -0.05) is 30.3 Å². The first-order valence-electron chi connectivity index (χ1n) is 10.1. The van der Waals surface area contributed by atoms with Crippen molar-refractivity contribution in [3.8, 4) is 0 Å². The first-order chi connectivity index (χ1) is 14.6. The number of morpholine rings is 1. The molecule has 8 nitrogen and oxygen atoms in total. The quantitative estimate of drug-likeness (QED) is 0.803. The van der Waals surface area contributed by atoms with Gasteiger partial charge in [-0.25, -0.2) is 14.2 Å². The summed E-state index contributed by atoms with van der Waals surface area (Å²) in [5.41, 5.74) is 1.68. The Morgan fingerprint density at radius 2 is 2.00 bits per heavy atom. The van der Waals surface area contributed by atoms with Crippen LogP contribution < -0.4 is 10.2 Å². The Morgan fingerprint density at radius 1 is 1.23 bits per heavy atom. The largest absolute Gasteiger partial charge is 0.445 e. The van der Waals surface area contributed by atoms with E-state index in [-0.39, 0.29) is 19.7 Å². The minimum Gasteiger partial charge on any atom is -0.445 e. The second-order valence-electron chi connectivity index (χ2n) is 7.50. The van der Waals surface area contributed by atoms with Gasteiger partial charge < -0.3 is 24.6 Å². The van der Waals surface area contributed by atoms with Crippen LogP contribution in [0.2, 0.25) is 0 Å². The standard InChI is InChI=1S/C21H26FN5O3/c1-15-11-19(26-7-9-29-10-8-26)25-20(23-15)24-18-13-27(12-17(18)22)21(28)30-14-16-5-3-2-4-6-16/h2-6,11,17-18H,7-10,12-14H2,1H3,(H,23,24,25)/t17-,18-/m1/s1. The van der Waals surface area contributed by atoms with Crippen LogP contribution in [-0.2, 0) is 16.1 Å². The second-order valence-corrected chi connectivity index (χ2v) is 7.50. The fourth-order valence-electron chi connectivity index (χ4n) is 3.60. The summed E-state index contributed by atoms with van der Waals surface area (Å²) < 4.78 is 25.3. The number of carbonyl (C=O) groups excluding carboxylic acids is 1. The number of rotatable bonds is 5. The Bertz CT molecular complexity index is 863. The Balaban J connectivity index is 1.36. The summed E-state index contributed by atoms with van der Waals surface area (Å²) >= 11 is 0. The molecule has 2 fully saturated rings. The van der Waals surface area contributed by atoms with E-state index in [4.69, 9.17) is 9.47 Å². The molecule has 2 aromatic rings. The van der Waals surface area contributed by atoms with Gasteiger partial charge in [-0.05, 0) is 12.5 Å². The molecule has 0 radical (unpaired) electrons. The number of benzene rings is 1. The molecule has 2 saturated heterocycles. The van der Waals surface area contributed by atoms with Gasteiger partial charge in [0.25, 0.3) is 0 Å². The van der Waals surface area contributed by atoms with Crippen LogP contribution in [0.15, 0.2) is 36.4 Å². The van der Waals surface area contributed by atoms with Gasteiger partial charge >= 0.3 is 6.09 Å². The summed E-state index contributed by atoms with van der Waals surface area (Å²) in [4.78, 5) is 24.8. The number of anilines is 2. The van der Waals surface area contributed by atoms with Crippen molar-refractivity contribution in [3.63, 3.8) is 0 Å². The number of hydrogen-bond acceptors (Lipinski definition) is 7. The highest BCUT2D eigenvalue weighted by Crippen LogP contribution is 2.21. The average molecular weight is 415 g/mol. The number of amides is 1. The summed E-state index contributed by atoms with van der Waals surface area (Å²) in [7, 11) is 0. The molecule has 1 amide bonds. The molecule has 1 aromatic heterocycles. The van der Waals surface area contributed by atoms with E-state index in [2.05, 4.69) is 20.2 Å². The van der Waals surface area contributed by atoms with Gasteiger partial charge in [0.2, 0.25) is 5.95 Å². The molecule has 3 heterocycles. The Labute approximate surface area is 175 Å². The fraction of sp³-hybridized carbons (Fsp3) is 0.476. The SMILES string of the molecule is Cc1cc(N2CCOCC2)nc(N[C@@H]2CN(C(=O)OCc3ccccc3)C[C@H]2F)n1. The minimum absolute atomic E-state index is 0.0204. The third-order valence-electron chi connectivity index (χ3n) is 5.20. The molecule has 2 atom stereocenters. The van der Waals surface area contributed by atoms with Gasteiger partial charge in [0.05, 0.1) is 25.8 Å². The molecule has 0 spiro atoms. The van der Waals surface area contributed by atoms with Crippen molar-refractivity contribution in [2.75, 3.05) is 49.6 Å². The zero-order valence-electron chi connectivity index (χ0n) is 17.0. The topological polar surface area (TPSA) is 79.8 Å². The van der Waals surface area contributed by atoms with Crippen LogP contribution in [0, 0.1) is 6.92 Å². The van der Waals surface area contributed by atoms with Crippen molar-refractivity contribution in [1.29, 1.82) is 0 Å². The van der Waals surface area contributed by atoms with Crippen molar-refractivity contribution < 1.29 is 18.7 Å². The van der Waals surface area contributed by atoms with Gasteiger partial charge in [-0.2, -0.15) is 4.98 Å². The number of nitrogens with one attached hydrogen (secondary N) is 1. The molecule has 0 unspecified atom stereocenters. The number of carbonyl (C=O) groups is 1. The van der Waals surface area contributed by atoms with Crippen LogP contribution in [0.3, 0.4) is 0 Å². The normalized spacial score (nSPS) is 21.5. The lowest BCUT2D eigenvalue weighted by atomic mass is 10.2. The van der Waals surface area contributed by atoms with Crippen LogP contribution in [0.5, 0.6) is 0 Å².